The predicted molar refractivity (Wildman–Crippen MR) is 97.2 cm³/mol. The van der Waals surface area contributed by atoms with Crippen LogP contribution in [0.4, 0.5) is 5.69 Å². The van der Waals surface area contributed by atoms with E-state index in [1.165, 1.54) is 37.5 Å². The van der Waals surface area contributed by atoms with Crippen LogP contribution in [0, 0.1) is 27.9 Å². The van der Waals surface area contributed by atoms with Crippen LogP contribution in [0.25, 0.3) is 0 Å². The smallest absolute Gasteiger partial charge is 0.270 e. The Morgan fingerprint density at radius 3 is 2.32 bits per heavy atom. The van der Waals surface area contributed by atoms with E-state index in [9.17, 15) is 14.9 Å². The van der Waals surface area contributed by atoms with Crippen molar-refractivity contribution in [2.24, 2.45) is 17.8 Å². The standard InChI is InChI=1S/C18H21N3O3S/c22-16(14-2-1-3-15(7-14)21(23)24)19-17(25)20-18-8-11-4-12(9-18)6-13(5-11)10-18/h1-3,7,11-13H,4-6,8-10H2,(H2,19,20,22,25). The Labute approximate surface area is 151 Å². The molecule has 132 valence electrons. The normalized spacial score (nSPS) is 32.2. The average Bonchev–Trinajstić information content (AvgIpc) is 2.52. The molecule has 1 amide bonds. The molecule has 0 aromatic heterocycles. The van der Waals surface area contributed by atoms with E-state index in [1.807, 2.05) is 0 Å². The van der Waals surface area contributed by atoms with Crippen molar-refractivity contribution in [3.05, 3.63) is 39.9 Å². The summed E-state index contributed by atoms with van der Waals surface area (Å²) in [6, 6.07) is 5.68. The SMILES string of the molecule is O=C(NC(=S)NC12CC3CC(CC(C3)C1)C2)c1cccc([N+](=O)[O-])c1. The van der Waals surface area contributed by atoms with Gasteiger partial charge in [0.25, 0.3) is 11.6 Å². The number of nitrogens with zero attached hydrogens (tertiary/aromatic N) is 1. The molecule has 1 aromatic rings. The molecular weight excluding hydrogens is 338 g/mol. The Kier molecular flexibility index (Phi) is 3.98. The number of nitro groups is 1. The van der Waals surface area contributed by atoms with Crippen molar-refractivity contribution in [3.63, 3.8) is 0 Å². The van der Waals surface area contributed by atoms with Crippen LogP contribution in [0.15, 0.2) is 24.3 Å². The van der Waals surface area contributed by atoms with Gasteiger partial charge in [-0.25, -0.2) is 0 Å². The van der Waals surface area contributed by atoms with Gasteiger partial charge in [0.15, 0.2) is 5.11 Å². The van der Waals surface area contributed by atoms with Gasteiger partial charge in [0.2, 0.25) is 0 Å². The molecule has 4 saturated carbocycles. The number of nitro benzene ring substituents is 1. The van der Waals surface area contributed by atoms with Gasteiger partial charge in [0.05, 0.1) is 4.92 Å². The lowest BCUT2D eigenvalue weighted by Gasteiger charge is -2.57. The van der Waals surface area contributed by atoms with Crippen LogP contribution in [0.5, 0.6) is 0 Å². The van der Waals surface area contributed by atoms with E-state index in [2.05, 4.69) is 10.6 Å². The second-order valence-electron chi connectivity index (χ2n) is 7.91. The first-order valence-corrected chi connectivity index (χ1v) is 9.21. The molecule has 0 saturated heterocycles. The maximum Gasteiger partial charge on any atom is 0.270 e. The molecule has 0 spiro atoms. The number of carbonyl (C=O) groups excluding carboxylic acids is 1. The Bertz CT molecular complexity index is 714. The number of hydrogen-bond acceptors (Lipinski definition) is 4. The second kappa shape index (κ2) is 6.05. The molecule has 1 aromatic carbocycles. The van der Waals surface area contributed by atoms with Crippen molar-refractivity contribution < 1.29 is 9.72 Å². The lowest BCUT2D eigenvalue weighted by Crippen LogP contribution is -2.61. The summed E-state index contributed by atoms with van der Waals surface area (Å²) < 4.78 is 0. The van der Waals surface area contributed by atoms with Gasteiger partial charge in [0, 0.05) is 23.2 Å². The minimum absolute atomic E-state index is 0.0296. The summed E-state index contributed by atoms with van der Waals surface area (Å²) in [5.74, 6) is 1.95. The number of carbonyl (C=O) groups is 1. The summed E-state index contributed by atoms with van der Waals surface area (Å²) in [4.78, 5) is 22.7. The Balaban J connectivity index is 1.41. The van der Waals surface area contributed by atoms with Crippen molar-refractivity contribution in [1.82, 2.24) is 10.6 Å². The summed E-state index contributed by atoms with van der Waals surface area (Å²) in [5.41, 5.74) is 0.165. The first-order valence-electron chi connectivity index (χ1n) is 8.80. The van der Waals surface area contributed by atoms with Crippen LogP contribution in [0.2, 0.25) is 0 Å². The molecule has 2 N–H and O–H groups in total. The van der Waals surface area contributed by atoms with Crippen LogP contribution < -0.4 is 10.6 Å². The quantitative estimate of drug-likeness (QED) is 0.492. The van der Waals surface area contributed by atoms with Gasteiger partial charge in [-0.2, -0.15) is 0 Å². The lowest BCUT2D eigenvalue weighted by atomic mass is 9.53. The molecule has 4 aliphatic carbocycles. The molecule has 4 fully saturated rings. The summed E-state index contributed by atoms with van der Waals surface area (Å²) in [7, 11) is 0. The van der Waals surface area contributed by atoms with Crippen molar-refractivity contribution in [2.75, 3.05) is 0 Å². The van der Waals surface area contributed by atoms with Gasteiger partial charge < -0.3 is 5.32 Å². The van der Waals surface area contributed by atoms with Crippen molar-refractivity contribution >= 4 is 28.9 Å². The molecule has 5 rings (SSSR count). The lowest BCUT2D eigenvalue weighted by molar-refractivity contribution is -0.384. The molecule has 0 atom stereocenters. The number of non-ortho nitro benzene ring substituents is 1. The Hall–Kier alpha value is -2.02. The molecule has 4 aliphatic rings. The molecule has 0 unspecified atom stereocenters. The molecular formula is C18H21N3O3S. The Morgan fingerprint density at radius 1 is 1.16 bits per heavy atom. The van der Waals surface area contributed by atoms with Crippen molar-refractivity contribution in [2.45, 2.75) is 44.1 Å². The molecule has 25 heavy (non-hydrogen) atoms. The van der Waals surface area contributed by atoms with Gasteiger partial charge >= 0.3 is 0 Å². The second-order valence-corrected chi connectivity index (χ2v) is 8.32. The topological polar surface area (TPSA) is 84.3 Å². The zero-order valence-electron chi connectivity index (χ0n) is 13.9. The largest absolute Gasteiger partial charge is 0.357 e. The highest BCUT2D eigenvalue weighted by Gasteiger charge is 2.51. The fourth-order valence-electron chi connectivity index (χ4n) is 5.47. The molecule has 0 radical (unpaired) electrons. The minimum atomic E-state index is -0.511. The third-order valence-corrected chi connectivity index (χ3v) is 6.17. The fraction of sp³-hybridized carbons (Fsp3) is 0.556. The molecule has 4 bridgehead atoms. The highest BCUT2D eigenvalue weighted by Crippen LogP contribution is 2.55. The van der Waals surface area contributed by atoms with Crippen LogP contribution in [0.1, 0.15) is 48.9 Å². The summed E-state index contributed by atoms with van der Waals surface area (Å²) in [6.07, 6.45) is 7.42. The fourth-order valence-corrected chi connectivity index (χ4v) is 5.78. The zero-order chi connectivity index (χ0) is 17.6. The first kappa shape index (κ1) is 16.4. The van der Waals surface area contributed by atoms with E-state index in [4.69, 9.17) is 12.2 Å². The van der Waals surface area contributed by atoms with Gasteiger partial charge in [-0.1, -0.05) is 6.07 Å². The van der Waals surface area contributed by atoms with Crippen LogP contribution in [-0.4, -0.2) is 21.5 Å². The molecule has 7 heteroatoms. The maximum absolute atomic E-state index is 12.4. The van der Waals surface area contributed by atoms with E-state index >= 15 is 0 Å². The molecule has 0 heterocycles. The third-order valence-electron chi connectivity index (χ3n) is 5.96. The average molecular weight is 359 g/mol. The summed E-state index contributed by atoms with van der Waals surface area (Å²) in [5, 5.41) is 17.3. The van der Waals surface area contributed by atoms with Gasteiger partial charge in [-0.05, 0) is 74.6 Å². The number of hydrogen-bond donors (Lipinski definition) is 2. The number of thiocarbonyl (C=S) groups is 1. The van der Waals surface area contributed by atoms with E-state index in [0.717, 1.165) is 37.0 Å². The van der Waals surface area contributed by atoms with E-state index in [0.29, 0.717) is 5.11 Å². The van der Waals surface area contributed by atoms with Crippen molar-refractivity contribution in [1.29, 1.82) is 0 Å². The van der Waals surface area contributed by atoms with E-state index in [1.54, 1.807) is 6.07 Å². The number of nitrogens with one attached hydrogen (secondary N) is 2. The number of benzene rings is 1. The maximum atomic E-state index is 12.4. The summed E-state index contributed by atoms with van der Waals surface area (Å²) in [6.45, 7) is 0. The van der Waals surface area contributed by atoms with E-state index in [-0.39, 0.29) is 16.8 Å². The van der Waals surface area contributed by atoms with Crippen LogP contribution in [0.3, 0.4) is 0 Å². The number of amides is 1. The zero-order valence-corrected chi connectivity index (χ0v) is 14.7. The number of rotatable bonds is 3. The monoisotopic (exact) mass is 359 g/mol. The predicted octanol–water partition coefficient (Wildman–Crippen LogP) is 3.17. The van der Waals surface area contributed by atoms with Crippen LogP contribution >= 0.6 is 12.2 Å². The van der Waals surface area contributed by atoms with E-state index < -0.39 is 10.8 Å². The van der Waals surface area contributed by atoms with Crippen LogP contribution in [-0.2, 0) is 0 Å². The highest BCUT2D eigenvalue weighted by atomic mass is 32.1. The molecule has 0 aliphatic heterocycles. The van der Waals surface area contributed by atoms with Crippen molar-refractivity contribution in [3.8, 4) is 0 Å². The first-order chi connectivity index (χ1) is 11.9. The minimum Gasteiger partial charge on any atom is -0.357 e. The highest BCUT2D eigenvalue weighted by molar-refractivity contribution is 7.80. The third kappa shape index (κ3) is 3.25. The van der Waals surface area contributed by atoms with Gasteiger partial charge in [0.1, 0.15) is 0 Å². The summed E-state index contributed by atoms with van der Waals surface area (Å²) >= 11 is 5.37. The van der Waals surface area contributed by atoms with Gasteiger partial charge in [-0.3, -0.25) is 20.2 Å². The Morgan fingerprint density at radius 2 is 1.76 bits per heavy atom. The van der Waals surface area contributed by atoms with Gasteiger partial charge in [-0.15, -0.1) is 0 Å². The molecule has 6 nitrogen and oxygen atoms in total.